The Hall–Kier alpha value is -2.19. The maximum Gasteiger partial charge on any atom is 0.148 e. The van der Waals surface area contributed by atoms with E-state index in [1.165, 1.54) is 0 Å². The topological polar surface area (TPSA) is 74.7 Å². The fourth-order valence-corrected chi connectivity index (χ4v) is 1.90. The Kier molecular flexibility index (Phi) is 3.13. The summed E-state index contributed by atoms with van der Waals surface area (Å²) in [6, 6.07) is 7.23. The van der Waals surface area contributed by atoms with E-state index in [1.807, 2.05) is 6.92 Å². The number of hydrogen-bond acceptors (Lipinski definition) is 4. The van der Waals surface area contributed by atoms with Gasteiger partial charge in [-0.3, -0.25) is 0 Å². The van der Waals surface area contributed by atoms with Gasteiger partial charge in [0.1, 0.15) is 11.6 Å². The molecule has 0 aliphatic carbocycles. The van der Waals surface area contributed by atoms with E-state index in [2.05, 4.69) is 16.2 Å². The second-order valence-corrected chi connectivity index (χ2v) is 4.18. The number of hydrogen-bond donors (Lipinski definition) is 1. The normalized spacial score (nSPS) is 12.2. The number of aromatic nitrogens is 3. The molecule has 0 aliphatic heterocycles. The molecule has 2 aromatic rings. The Morgan fingerprint density at radius 2 is 2.11 bits per heavy atom. The maximum absolute atomic E-state index is 9.78. The standard InChI is InChI=1S/C13H14N4O/c1-8(18)12-5-4-11(7-14)6-13(12)17-10(3)15-9(2)16-17/h4-6,8,18H,1-3H3/t8-/m1/s1. The molecule has 1 aromatic carbocycles. The number of rotatable bonds is 2. The highest BCUT2D eigenvalue weighted by Gasteiger charge is 2.14. The second kappa shape index (κ2) is 4.59. The molecule has 0 aliphatic rings. The number of aliphatic hydroxyl groups is 1. The molecule has 5 heteroatoms. The number of aryl methyl sites for hydroxylation is 2. The highest BCUT2D eigenvalue weighted by Crippen LogP contribution is 2.23. The Balaban J connectivity index is 2.68. The molecule has 0 fully saturated rings. The summed E-state index contributed by atoms with van der Waals surface area (Å²) >= 11 is 0. The van der Waals surface area contributed by atoms with Crippen LogP contribution < -0.4 is 0 Å². The maximum atomic E-state index is 9.78. The van der Waals surface area contributed by atoms with Gasteiger partial charge in [-0.2, -0.15) is 10.4 Å². The van der Waals surface area contributed by atoms with Gasteiger partial charge < -0.3 is 5.11 Å². The van der Waals surface area contributed by atoms with Crippen LogP contribution >= 0.6 is 0 Å². The third-order valence-corrected chi connectivity index (χ3v) is 2.71. The van der Waals surface area contributed by atoms with Crippen LogP contribution in [0, 0.1) is 25.2 Å². The summed E-state index contributed by atoms with van der Waals surface area (Å²) in [5.41, 5.74) is 1.95. The van der Waals surface area contributed by atoms with Crippen molar-refractivity contribution in [3.63, 3.8) is 0 Å². The van der Waals surface area contributed by atoms with Crippen LogP contribution in [0.25, 0.3) is 5.69 Å². The Morgan fingerprint density at radius 1 is 1.39 bits per heavy atom. The molecule has 0 saturated carbocycles. The summed E-state index contributed by atoms with van der Waals surface area (Å²) in [5, 5.41) is 23.0. The van der Waals surface area contributed by atoms with Crippen LogP contribution in [-0.4, -0.2) is 19.9 Å². The van der Waals surface area contributed by atoms with Crippen LogP contribution in [0.1, 0.15) is 35.8 Å². The summed E-state index contributed by atoms with van der Waals surface area (Å²) < 4.78 is 1.65. The lowest BCUT2D eigenvalue weighted by molar-refractivity contribution is 0.199. The second-order valence-electron chi connectivity index (χ2n) is 4.18. The molecule has 92 valence electrons. The minimum absolute atomic E-state index is 0.530. The zero-order valence-corrected chi connectivity index (χ0v) is 10.5. The first-order chi connectivity index (χ1) is 8.52. The summed E-state index contributed by atoms with van der Waals surface area (Å²) in [6.45, 7) is 5.33. The number of aliphatic hydroxyl groups excluding tert-OH is 1. The predicted octanol–water partition coefficient (Wildman–Crippen LogP) is 1.81. The molecule has 0 saturated heterocycles. The quantitative estimate of drug-likeness (QED) is 0.871. The summed E-state index contributed by atoms with van der Waals surface area (Å²) in [7, 11) is 0. The fourth-order valence-electron chi connectivity index (χ4n) is 1.90. The minimum Gasteiger partial charge on any atom is -0.389 e. The number of nitrogens with zero attached hydrogens (tertiary/aromatic N) is 4. The largest absolute Gasteiger partial charge is 0.389 e. The van der Waals surface area contributed by atoms with E-state index < -0.39 is 6.10 Å². The van der Waals surface area contributed by atoms with E-state index in [9.17, 15) is 5.11 Å². The van der Waals surface area contributed by atoms with Gasteiger partial charge in [0.2, 0.25) is 0 Å². The van der Waals surface area contributed by atoms with Gasteiger partial charge in [0.05, 0.1) is 23.4 Å². The van der Waals surface area contributed by atoms with Gasteiger partial charge in [-0.25, -0.2) is 9.67 Å². The molecule has 0 unspecified atom stereocenters. The molecule has 1 atom stereocenters. The van der Waals surface area contributed by atoms with E-state index in [4.69, 9.17) is 5.26 Å². The van der Waals surface area contributed by atoms with E-state index in [0.29, 0.717) is 17.1 Å². The Labute approximate surface area is 105 Å². The van der Waals surface area contributed by atoms with Gasteiger partial charge in [0, 0.05) is 5.56 Å². The van der Waals surface area contributed by atoms with Crippen LogP contribution in [0.4, 0.5) is 0 Å². The van der Waals surface area contributed by atoms with E-state index in [1.54, 1.807) is 36.7 Å². The summed E-state index contributed by atoms with van der Waals surface area (Å²) in [5.74, 6) is 1.39. The lowest BCUT2D eigenvalue weighted by Crippen LogP contribution is -2.06. The molecule has 0 bridgehead atoms. The zero-order chi connectivity index (χ0) is 13.3. The third kappa shape index (κ3) is 2.11. The van der Waals surface area contributed by atoms with Crippen molar-refractivity contribution in [2.75, 3.05) is 0 Å². The zero-order valence-electron chi connectivity index (χ0n) is 10.5. The van der Waals surface area contributed by atoms with Gasteiger partial charge >= 0.3 is 0 Å². The SMILES string of the molecule is Cc1nc(C)n(-c2cc(C#N)ccc2[C@@H](C)O)n1. The molecule has 1 N–H and O–H groups in total. The smallest absolute Gasteiger partial charge is 0.148 e. The van der Waals surface area contributed by atoms with Crippen LogP contribution in [0.3, 0.4) is 0 Å². The lowest BCUT2D eigenvalue weighted by atomic mass is 10.1. The van der Waals surface area contributed by atoms with E-state index >= 15 is 0 Å². The molecular weight excluding hydrogens is 228 g/mol. The van der Waals surface area contributed by atoms with Gasteiger partial charge in [-0.05, 0) is 32.9 Å². The number of nitriles is 1. The van der Waals surface area contributed by atoms with Crippen molar-refractivity contribution in [1.82, 2.24) is 14.8 Å². The first-order valence-corrected chi connectivity index (χ1v) is 5.65. The van der Waals surface area contributed by atoms with E-state index in [-0.39, 0.29) is 0 Å². The molecule has 2 rings (SSSR count). The molecule has 0 spiro atoms. The third-order valence-electron chi connectivity index (χ3n) is 2.71. The first-order valence-electron chi connectivity index (χ1n) is 5.65. The van der Waals surface area contributed by atoms with Crippen LogP contribution in [-0.2, 0) is 0 Å². The Bertz CT molecular complexity index is 622. The van der Waals surface area contributed by atoms with Gasteiger partial charge in [-0.1, -0.05) is 6.07 Å². The molecule has 0 radical (unpaired) electrons. The van der Waals surface area contributed by atoms with Crippen molar-refractivity contribution >= 4 is 0 Å². The molecule has 1 heterocycles. The van der Waals surface area contributed by atoms with Crippen molar-refractivity contribution in [1.29, 1.82) is 5.26 Å². The molecule has 18 heavy (non-hydrogen) atoms. The minimum atomic E-state index is -0.628. The van der Waals surface area contributed by atoms with E-state index in [0.717, 1.165) is 11.4 Å². The van der Waals surface area contributed by atoms with Crippen LogP contribution in [0.5, 0.6) is 0 Å². The molecular formula is C13H14N4O. The van der Waals surface area contributed by atoms with Crippen molar-refractivity contribution in [2.45, 2.75) is 26.9 Å². The monoisotopic (exact) mass is 242 g/mol. The van der Waals surface area contributed by atoms with Crippen molar-refractivity contribution in [3.05, 3.63) is 41.0 Å². The summed E-state index contributed by atoms with van der Waals surface area (Å²) in [6.07, 6.45) is -0.628. The fraction of sp³-hybridized carbons (Fsp3) is 0.308. The number of benzene rings is 1. The lowest BCUT2D eigenvalue weighted by Gasteiger charge is -2.13. The predicted molar refractivity (Wildman–Crippen MR) is 66.2 cm³/mol. The van der Waals surface area contributed by atoms with Crippen molar-refractivity contribution in [3.8, 4) is 11.8 Å². The molecule has 0 amide bonds. The Morgan fingerprint density at radius 3 is 2.61 bits per heavy atom. The van der Waals surface area contributed by atoms with Gasteiger partial charge in [-0.15, -0.1) is 0 Å². The van der Waals surface area contributed by atoms with Crippen LogP contribution in [0.2, 0.25) is 0 Å². The van der Waals surface area contributed by atoms with Gasteiger partial charge in [0.25, 0.3) is 0 Å². The van der Waals surface area contributed by atoms with Gasteiger partial charge in [0.15, 0.2) is 0 Å². The molecule has 5 nitrogen and oxygen atoms in total. The summed E-state index contributed by atoms with van der Waals surface area (Å²) in [4.78, 5) is 4.23. The van der Waals surface area contributed by atoms with Crippen molar-refractivity contribution in [2.24, 2.45) is 0 Å². The first kappa shape index (κ1) is 12.3. The van der Waals surface area contributed by atoms with Crippen LogP contribution in [0.15, 0.2) is 18.2 Å². The van der Waals surface area contributed by atoms with Crippen molar-refractivity contribution < 1.29 is 5.11 Å². The highest BCUT2D eigenvalue weighted by atomic mass is 16.3. The average molecular weight is 242 g/mol. The average Bonchev–Trinajstić information content (AvgIpc) is 2.67. The highest BCUT2D eigenvalue weighted by molar-refractivity contribution is 5.48. The molecule has 1 aromatic heterocycles.